The van der Waals surface area contributed by atoms with Crippen LogP contribution in [0.4, 0.5) is 5.69 Å². The molecule has 3 aliphatic rings. The van der Waals surface area contributed by atoms with E-state index in [1.165, 1.54) is 4.90 Å². The van der Waals surface area contributed by atoms with Gasteiger partial charge in [0.05, 0.1) is 41.3 Å². The lowest BCUT2D eigenvalue weighted by molar-refractivity contribution is -0.147. The van der Waals surface area contributed by atoms with Gasteiger partial charge in [-0.05, 0) is 37.0 Å². The Bertz CT molecular complexity index is 1410. The second-order valence-corrected chi connectivity index (χ2v) is 13.4. The minimum Gasteiger partial charge on any atom is -0.394 e. The van der Waals surface area contributed by atoms with Crippen molar-refractivity contribution >= 4 is 50.9 Å². The van der Waals surface area contributed by atoms with Gasteiger partial charge in [-0.25, -0.2) is 0 Å². The highest BCUT2D eigenvalue weighted by Gasteiger charge is 2.77. The standard InChI is InChI=1S/C34H39BrClN3O5/c1-5-16-37(19-22-13-9-8-10-14-22)31(41)26-27-32(42)39(23(7-3)20-40)30(34(27)18-24(35)29(26)44-34)33(43)38(17-6-2)28-21(4)12-11-15-25(28)36/h5-6,8-15,23-24,26-27,29-30,40H,1-2,7,16-20H2,3-4H3/t23-,24?,26-,27-,29-,30?,34?/m0/s1. The molecule has 1 spiro atoms. The van der Waals surface area contributed by atoms with E-state index in [1.807, 2.05) is 56.3 Å². The van der Waals surface area contributed by atoms with Crippen LogP contribution in [0.2, 0.25) is 5.02 Å². The Balaban J connectivity index is 1.61. The van der Waals surface area contributed by atoms with Crippen molar-refractivity contribution in [3.63, 3.8) is 0 Å². The van der Waals surface area contributed by atoms with Gasteiger partial charge in [-0.2, -0.15) is 0 Å². The monoisotopic (exact) mass is 683 g/mol. The first-order valence-electron chi connectivity index (χ1n) is 15.0. The van der Waals surface area contributed by atoms with Crippen LogP contribution in [0.5, 0.6) is 0 Å². The summed E-state index contributed by atoms with van der Waals surface area (Å²) in [7, 11) is 0. The number of aryl methyl sites for hydroxylation is 1. The normalized spacial score (nSPS) is 27.6. The zero-order chi connectivity index (χ0) is 31.8. The highest BCUT2D eigenvalue weighted by molar-refractivity contribution is 9.09. The molecule has 0 radical (unpaired) electrons. The maximum absolute atomic E-state index is 14.9. The van der Waals surface area contributed by atoms with E-state index in [2.05, 4.69) is 29.1 Å². The number of carbonyl (C=O) groups is 3. The van der Waals surface area contributed by atoms with E-state index in [9.17, 15) is 19.5 Å². The number of aliphatic hydroxyl groups excluding tert-OH is 1. The van der Waals surface area contributed by atoms with Gasteiger partial charge in [0.15, 0.2) is 0 Å². The average molecular weight is 685 g/mol. The lowest BCUT2D eigenvalue weighted by atomic mass is 9.70. The molecule has 1 N–H and O–H groups in total. The fourth-order valence-electron chi connectivity index (χ4n) is 7.37. The third-order valence-corrected chi connectivity index (χ3v) is 10.4. The van der Waals surface area contributed by atoms with Gasteiger partial charge < -0.3 is 24.5 Å². The Hall–Kier alpha value is -2.98. The molecule has 2 aromatic rings. The number of aliphatic hydroxyl groups is 1. The molecule has 0 aliphatic carbocycles. The zero-order valence-corrected chi connectivity index (χ0v) is 27.4. The molecule has 2 aromatic carbocycles. The first kappa shape index (κ1) is 32.4. The highest BCUT2D eigenvalue weighted by atomic mass is 79.9. The molecule has 0 aromatic heterocycles. The molecule has 3 aliphatic heterocycles. The van der Waals surface area contributed by atoms with Crippen LogP contribution in [0.1, 0.15) is 30.9 Å². The Morgan fingerprint density at radius 3 is 2.48 bits per heavy atom. The maximum atomic E-state index is 14.9. The number of rotatable bonds is 12. The molecule has 3 unspecified atom stereocenters. The molecule has 5 rings (SSSR count). The van der Waals surface area contributed by atoms with Crippen LogP contribution in [-0.2, 0) is 25.7 Å². The Morgan fingerprint density at radius 2 is 1.86 bits per heavy atom. The SMILES string of the molecule is C=CCN(Cc1ccccc1)C(=O)[C@H]1[C@H]2C(=O)N([C@@H](CC)CO)C(C(=O)N(CC=C)c3c(C)cccc3Cl)C23CC(Br)[C@@H]1O3. The quantitative estimate of drug-likeness (QED) is 0.254. The molecule has 3 amide bonds. The predicted octanol–water partition coefficient (Wildman–Crippen LogP) is 4.90. The molecule has 3 heterocycles. The lowest BCUT2D eigenvalue weighted by Crippen LogP contribution is -2.59. The number of halogens is 2. The van der Waals surface area contributed by atoms with Gasteiger partial charge in [-0.1, -0.05) is 89.1 Å². The molecular weight excluding hydrogens is 646 g/mol. The highest BCUT2D eigenvalue weighted by Crippen LogP contribution is 2.61. The molecule has 3 saturated heterocycles. The summed E-state index contributed by atoms with van der Waals surface area (Å²) in [6, 6.07) is 13.3. The number of carbonyl (C=O) groups excluding carboxylic acids is 3. The van der Waals surface area contributed by atoms with Crippen LogP contribution in [0.15, 0.2) is 73.8 Å². The van der Waals surface area contributed by atoms with E-state index in [4.69, 9.17) is 16.3 Å². The van der Waals surface area contributed by atoms with Gasteiger partial charge >= 0.3 is 0 Å². The van der Waals surface area contributed by atoms with Gasteiger partial charge in [0, 0.05) is 24.5 Å². The summed E-state index contributed by atoms with van der Waals surface area (Å²) in [4.78, 5) is 48.3. The van der Waals surface area contributed by atoms with Crippen molar-refractivity contribution in [3.05, 3.63) is 90.0 Å². The van der Waals surface area contributed by atoms with Crippen LogP contribution < -0.4 is 4.90 Å². The number of anilines is 1. The van der Waals surface area contributed by atoms with Crippen LogP contribution in [0.3, 0.4) is 0 Å². The van der Waals surface area contributed by atoms with E-state index in [0.29, 0.717) is 30.1 Å². The third-order valence-electron chi connectivity index (χ3n) is 9.24. The van der Waals surface area contributed by atoms with Crippen molar-refractivity contribution in [2.45, 2.75) is 61.8 Å². The van der Waals surface area contributed by atoms with E-state index >= 15 is 0 Å². The Morgan fingerprint density at radius 1 is 1.16 bits per heavy atom. The van der Waals surface area contributed by atoms with Crippen molar-refractivity contribution in [2.24, 2.45) is 11.8 Å². The van der Waals surface area contributed by atoms with Crippen LogP contribution in [0, 0.1) is 18.8 Å². The number of amides is 3. The number of nitrogens with zero attached hydrogens (tertiary/aromatic N) is 3. The largest absolute Gasteiger partial charge is 0.394 e. The van der Waals surface area contributed by atoms with E-state index in [1.54, 1.807) is 28.0 Å². The van der Waals surface area contributed by atoms with Gasteiger partial charge in [-0.15, -0.1) is 13.2 Å². The van der Waals surface area contributed by atoms with Crippen molar-refractivity contribution in [1.82, 2.24) is 9.80 Å². The number of ether oxygens (including phenoxy) is 1. The van der Waals surface area contributed by atoms with Gasteiger partial charge in [-0.3, -0.25) is 14.4 Å². The van der Waals surface area contributed by atoms with Gasteiger partial charge in [0.25, 0.3) is 5.91 Å². The number of para-hydroxylation sites is 1. The molecule has 44 heavy (non-hydrogen) atoms. The number of benzene rings is 2. The van der Waals surface area contributed by atoms with E-state index in [0.717, 1.165) is 11.1 Å². The Labute approximate surface area is 272 Å². The molecule has 234 valence electrons. The summed E-state index contributed by atoms with van der Waals surface area (Å²) in [6.07, 6.45) is 3.45. The van der Waals surface area contributed by atoms with Gasteiger partial charge in [0.2, 0.25) is 11.8 Å². The first-order valence-corrected chi connectivity index (χ1v) is 16.3. The van der Waals surface area contributed by atoms with Crippen molar-refractivity contribution in [1.29, 1.82) is 0 Å². The molecule has 2 bridgehead atoms. The maximum Gasteiger partial charge on any atom is 0.253 e. The zero-order valence-electron chi connectivity index (χ0n) is 25.1. The summed E-state index contributed by atoms with van der Waals surface area (Å²) in [5, 5.41) is 10.8. The molecule has 8 nitrogen and oxygen atoms in total. The second kappa shape index (κ2) is 13.2. The smallest absolute Gasteiger partial charge is 0.253 e. The Kier molecular flexibility index (Phi) is 9.70. The summed E-state index contributed by atoms with van der Waals surface area (Å²) < 4.78 is 6.74. The predicted molar refractivity (Wildman–Crippen MR) is 175 cm³/mol. The fraction of sp³-hybridized carbons (Fsp3) is 0.441. The summed E-state index contributed by atoms with van der Waals surface area (Å²) >= 11 is 10.4. The molecular formula is C34H39BrClN3O5. The van der Waals surface area contributed by atoms with Crippen molar-refractivity contribution in [3.8, 4) is 0 Å². The third kappa shape index (κ3) is 5.31. The lowest BCUT2D eigenvalue weighted by Gasteiger charge is -2.39. The number of hydrogen-bond acceptors (Lipinski definition) is 5. The average Bonchev–Trinajstić information content (AvgIpc) is 3.60. The molecule has 0 saturated carbocycles. The molecule has 3 fully saturated rings. The number of alkyl halides is 1. The summed E-state index contributed by atoms with van der Waals surface area (Å²) in [5.41, 5.74) is 0.984. The van der Waals surface area contributed by atoms with Crippen molar-refractivity contribution < 1.29 is 24.2 Å². The number of fused-ring (bicyclic) bond motifs is 1. The topological polar surface area (TPSA) is 90.4 Å². The fourth-order valence-corrected chi connectivity index (χ4v) is 8.64. The van der Waals surface area contributed by atoms with E-state index < -0.39 is 35.6 Å². The number of likely N-dealkylation sites (tertiary alicyclic amines) is 1. The van der Waals surface area contributed by atoms with Gasteiger partial charge in [0.1, 0.15) is 11.6 Å². The number of hydrogen-bond donors (Lipinski definition) is 1. The van der Waals surface area contributed by atoms with Crippen LogP contribution in [0.25, 0.3) is 0 Å². The van der Waals surface area contributed by atoms with Crippen molar-refractivity contribution in [2.75, 3.05) is 24.6 Å². The molecule has 7 atom stereocenters. The second-order valence-electron chi connectivity index (χ2n) is 11.8. The van der Waals surface area contributed by atoms with E-state index in [-0.39, 0.29) is 42.2 Å². The summed E-state index contributed by atoms with van der Waals surface area (Å²) in [6.45, 7) is 11.9. The summed E-state index contributed by atoms with van der Waals surface area (Å²) in [5.74, 6) is -2.68. The minimum atomic E-state index is -1.28. The van der Waals surface area contributed by atoms with Crippen LogP contribution in [-0.4, -0.2) is 80.9 Å². The minimum absolute atomic E-state index is 0.145. The molecule has 10 heteroatoms. The van der Waals surface area contributed by atoms with Crippen LogP contribution >= 0.6 is 27.5 Å². The first-order chi connectivity index (χ1) is 21.1.